The molecule has 1 N–H and O–H groups in total. The van der Waals surface area contributed by atoms with Crippen molar-refractivity contribution in [3.05, 3.63) is 34.3 Å². The summed E-state index contributed by atoms with van der Waals surface area (Å²) in [6.07, 6.45) is 0. The number of carboxylic acids is 1. The molecule has 1 atom stereocenters. The third kappa shape index (κ3) is 2.47. The molecule has 0 aliphatic carbocycles. The molecule has 1 amide bonds. The molecule has 1 fully saturated rings. The molecule has 1 heterocycles. The van der Waals surface area contributed by atoms with Gasteiger partial charge in [0, 0.05) is 16.3 Å². The molecule has 18 heavy (non-hydrogen) atoms. The van der Waals surface area contributed by atoms with Crippen molar-refractivity contribution >= 4 is 35.2 Å². The molecule has 0 radical (unpaired) electrons. The summed E-state index contributed by atoms with van der Waals surface area (Å²) in [5, 5.41) is 9.63. The van der Waals surface area contributed by atoms with E-state index in [-0.39, 0.29) is 5.91 Å². The predicted molar refractivity (Wildman–Crippen MR) is 71.1 cm³/mol. The standard InChI is InChI=1S/C12H12ClNO3S/c1-7-4-8(13)2-3-9(7)11(15)14-6-18-5-10(14)12(16)17/h2-4,10H,5-6H2,1H3,(H,16,17). The molecule has 0 saturated carbocycles. The SMILES string of the molecule is Cc1cc(Cl)ccc1C(=O)N1CSCC1C(=O)O. The highest BCUT2D eigenvalue weighted by Gasteiger charge is 2.35. The van der Waals surface area contributed by atoms with Gasteiger partial charge in [-0.15, -0.1) is 11.8 Å². The second-order valence-corrected chi connectivity index (χ2v) is 5.52. The molecule has 4 nitrogen and oxygen atoms in total. The number of carbonyl (C=O) groups excluding carboxylic acids is 1. The van der Waals surface area contributed by atoms with Crippen LogP contribution in [0.4, 0.5) is 0 Å². The second kappa shape index (κ2) is 5.20. The van der Waals surface area contributed by atoms with Crippen LogP contribution in [0.3, 0.4) is 0 Å². The fourth-order valence-corrected chi connectivity index (χ4v) is 3.24. The molecule has 6 heteroatoms. The smallest absolute Gasteiger partial charge is 0.327 e. The first-order valence-corrected chi connectivity index (χ1v) is 6.91. The molecule has 0 aromatic heterocycles. The van der Waals surface area contributed by atoms with Crippen LogP contribution in [0.5, 0.6) is 0 Å². The average Bonchev–Trinajstić information content (AvgIpc) is 2.77. The first kappa shape index (κ1) is 13.2. The summed E-state index contributed by atoms with van der Waals surface area (Å²) >= 11 is 7.29. The molecule has 1 aliphatic rings. The number of halogens is 1. The van der Waals surface area contributed by atoms with Crippen molar-refractivity contribution in [2.45, 2.75) is 13.0 Å². The highest BCUT2D eigenvalue weighted by atomic mass is 35.5. The van der Waals surface area contributed by atoms with Crippen molar-refractivity contribution in [2.24, 2.45) is 0 Å². The third-order valence-corrected chi connectivity index (χ3v) is 4.09. The van der Waals surface area contributed by atoms with E-state index in [1.165, 1.54) is 16.7 Å². The van der Waals surface area contributed by atoms with Gasteiger partial charge in [-0.25, -0.2) is 4.79 Å². The quantitative estimate of drug-likeness (QED) is 0.905. The number of aryl methyl sites for hydroxylation is 1. The maximum Gasteiger partial charge on any atom is 0.327 e. The number of aliphatic carboxylic acids is 1. The van der Waals surface area contributed by atoms with Gasteiger partial charge in [0.1, 0.15) is 6.04 Å². The van der Waals surface area contributed by atoms with Gasteiger partial charge >= 0.3 is 5.97 Å². The fourth-order valence-electron chi connectivity index (χ4n) is 1.87. The minimum absolute atomic E-state index is 0.249. The first-order chi connectivity index (χ1) is 8.50. The first-order valence-electron chi connectivity index (χ1n) is 5.38. The Hall–Kier alpha value is -1.20. The van der Waals surface area contributed by atoms with E-state index < -0.39 is 12.0 Å². The van der Waals surface area contributed by atoms with Crippen molar-refractivity contribution in [2.75, 3.05) is 11.6 Å². The molecule has 1 unspecified atom stereocenters. The molecule has 0 bridgehead atoms. The highest BCUT2D eigenvalue weighted by Crippen LogP contribution is 2.25. The Morgan fingerprint density at radius 3 is 2.83 bits per heavy atom. The van der Waals surface area contributed by atoms with Crippen LogP contribution in [0.1, 0.15) is 15.9 Å². The summed E-state index contributed by atoms with van der Waals surface area (Å²) in [5.41, 5.74) is 1.27. The molecule has 1 aromatic rings. The van der Waals surface area contributed by atoms with E-state index in [0.29, 0.717) is 22.2 Å². The molecular weight excluding hydrogens is 274 g/mol. The van der Waals surface area contributed by atoms with Crippen molar-refractivity contribution in [3.63, 3.8) is 0 Å². The van der Waals surface area contributed by atoms with Crippen molar-refractivity contribution < 1.29 is 14.7 Å². The number of rotatable bonds is 2. The highest BCUT2D eigenvalue weighted by molar-refractivity contribution is 7.99. The Bertz CT molecular complexity index is 506. The monoisotopic (exact) mass is 285 g/mol. The third-order valence-electron chi connectivity index (χ3n) is 2.85. The Morgan fingerprint density at radius 2 is 2.22 bits per heavy atom. The van der Waals surface area contributed by atoms with Crippen LogP contribution in [0.2, 0.25) is 5.02 Å². The van der Waals surface area contributed by atoms with E-state index in [4.69, 9.17) is 16.7 Å². The van der Waals surface area contributed by atoms with Gasteiger partial charge in [0.15, 0.2) is 0 Å². The molecule has 2 rings (SSSR count). The van der Waals surface area contributed by atoms with Gasteiger partial charge in [0.25, 0.3) is 5.91 Å². The topological polar surface area (TPSA) is 57.6 Å². The van der Waals surface area contributed by atoms with E-state index >= 15 is 0 Å². The number of hydrogen-bond acceptors (Lipinski definition) is 3. The largest absolute Gasteiger partial charge is 0.480 e. The summed E-state index contributed by atoms with van der Waals surface area (Å²) in [6, 6.07) is 4.24. The Morgan fingerprint density at radius 1 is 1.50 bits per heavy atom. The van der Waals surface area contributed by atoms with Crippen LogP contribution in [0.15, 0.2) is 18.2 Å². The van der Waals surface area contributed by atoms with Crippen LogP contribution in [0.25, 0.3) is 0 Å². The van der Waals surface area contributed by atoms with Crippen LogP contribution >= 0.6 is 23.4 Å². The van der Waals surface area contributed by atoms with Crippen molar-refractivity contribution in [1.82, 2.24) is 4.90 Å². The molecule has 1 saturated heterocycles. The van der Waals surface area contributed by atoms with Gasteiger partial charge in [-0.3, -0.25) is 4.79 Å². The fraction of sp³-hybridized carbons (Fsp3) is 0.333. The van der Waals surface area contributed by atoms with E-state index in [2.05, 4.69) is 0 Å². The number of carboxylic acid groups (broad SMARTS) is 1. The van der Waals surface area contributed by atoms with Crippen LogP contribution in [-0.2, 0) is 4.79 Å². The zero-order valence-corrected chi connectivity index (χ0v) is 11.3. The van der Waals surface area contributed by atoms with E-state index in [9.17, 15) is 9.59 Å². The lowest BCUT2D eigenvalue weighted by atomic mass is 10.1. The van der Waals surface area contributed by atoms with E-state index in [0.717, 1.165) is 5.56 Å². The van der Waals surface area contributed by atoms with Gasteiger partial charge in [0.2, 0.25) is 0 Å². The van der Waals surface area contributed by atoms with Crippen LogP contribution in [0, 0.1) is 6.92 Å². The molecule has 96 valence electrons. The lowest BCUT2D eigenvalue weighted by Crippen LogP contribution is -2.41. The maximum atomic E-state index is 12.3. The molecule has 0 spiro atoms. The van der Waals surface area contributed by atoms with Crippen LogP contribution < -0.4 is 0 Å². The number of amides is 1. The van der Waals surface area contributed by atoms with Gasteiger partial charge in [-0.1, -0.05) is 11.6 Å². The summed E-state index contributed by atoms with van der Waals surface area (Å²) in [5.74, 6) is -0.354. The zero-order valence-electron chi connectivity index (χ0n) is 9.72. The molecule has 1 aromatic carbocycles. The Balaban J connectivity index is 2.28. The van der Waals surface area contributed by atoms with Gasteiger partial charge < -0.3 is 10.0 Å². The molecule has 1 aliphatic heterocycles. The van der Waals surface area contributed by atoms with Crippen molar-refractivity contribution in [3.8, 4) is 0 Å². The van der Waals surface area contributed by atoms with E-state index in [1.54, 1.807) is 25.1 Å². The van der Waals surface area contributed by atoms with E-state index in [1.807, 2.05) is 0 Å². The normalized spacial score (nSPS) is 19.0. The van der Waals surface area contributed by atoms with Gasteiger partial charge in [-0.2, -0.15) is 0 Å². The number of hydrogen-bond donors (Lipinski definition) is 1. The molecular formula is C12H12ClNO3S. The van der Waals surface area contributed by atoms with Gasteiger partial charge in [0.05, 0.1) is 5.88 Å². The zero-order chi connectivity index (χ0) is 13.3. The average molecular weight is 286 g/mol. The summed E-state index contributed by atoms with van der Waals surface area (Å²) in [7, 11) is 0. The predicted octanol–water partition coefficient (Wildman–Crippen LogP) is 2.25. The lowest BCUT2D eigenvalue weighted by molar-refractivity contribution is -0.140. The maximum absolute atomic E-state index is 12.3. The second-order valence-electron chi connectivity index (χ2n) is 4.09. The Kier molecular flexibility index (Phi) is 3.82. The van der Waals surface area contributed by atoms with Crippen molar-refractivity contribution in [1.29, 1.82) is 0 Å². The van der Waals surface area contributed by atoms with Crippen LogP contribution in [-0.4, -0.2) is 39.6 Å². The summed E-state index contributed by atoms with van der Waals surface area (Å²) in [6.45, 7) is 1.79. The lowest BCUT2D eigenvalue weighted by Gasteiger charge is -2.21. The summed E-state index contributed by atoms with van der Waals surface area (Å²) < 4.78 is 0. The number of carbonyl (C=O) groups is 2. The Labute approximate surface area is 114 Å². The number of nitrogens with zero attached hydrogens (tertiary/aromatic N) is 1. The number of thioether (sulfide) groups is 1. The van der Waals surface area contributed by atoms with Gasteiger partial charge in [-0.05, 0) is 30.7 Å². The number of benzene rings is 1. The summed E-state index contributed by atoms with van der Waals surface area (Å²) in [4.78, 5) is 24.8. The minimum Gasteiger partial charge on any atom is -0.480 e. The minimum atomic E-state index is -0.958.